The van der Waals surface area contributed by atoms with E-state index in [0.717, 1.165) is 6.92 Å². The second kappa shape index (κ2) is 8.14. The first kappa shape index (κ1) is 22.5. The van der Waals surface area contributed by atoms with Gasteiger partial charge in [0.15, 0.2) is 5.60 Å². The first-order valence-electron chi connectivity index (χ1n) is 9.29. The number of carbonyl (C=O) groups is 2. The van der Waals surface area contributed by atoms with Crippen LogP contribution in [-0.2, 0) is 9.53 Å². The lowest BCUT2D eigenvalue weighted by molar-refractivity contribution is -0.272. The van der Waals surface area contributed by atoms with Crippen molar-refractivity contribution in [2.45, 2.75) is 37.6 Å². The number of rotatable bonds is 5. The second-order valence-electron chi connectivity index (χ2n) is 7.33. The van der Waals surface area contributed by atoms with E-state index in [0.29, 0.717) is 0 Å². The van der Waals surface area contributed by atoms with Crippen LogP contribution < -0.4 is 15.8 Å². The molecule has 8 nitrogen and oxygen atoms in total. The van der Waals surface area contributed by atoms with Crippen LogP contribution in [0.4, 0.5) is 18.9 Å². The fraction of sp³-hybridized carbons (Fsp3) is 0.400. The lowest BCUT2D eigenvalue weighted by Gasteiger charge is -2.31. The lowest BCUT2D eigenvalue weighted by atomic mass is 9.78. The number of pyridine rings is 2. The van der Waals surface area contributed by atoms with Gasteiger partial charge in [-0.05, 0) is 31.2 Å². The van der Waals surface area contributed by atoms with Crippen molar-refractivity contribution in [1.82, 2.24) is 9.97 Å². The van der Waals surface area contributed by atoms with E-state index < -0.39 is 41.5 Å². The van der Waals surface area contributed by atoms with Gasteiger partial charge in [0, 0.05) is 29.9 Å². The van der Waals surface area contributed by atoms with E-state index in [9.17, 15) is 22.8 Å². The van der Waals surface area contributed by atoms with Gasteiger partial charge in [-0.1, -0.05) is 6.92 Å². The number of amides is 2. The zero-order valence-electron chi connectivity index (χ0n) is 16.9. The normalized spacial score (nSPS) is 25.8. The highest BCUT2D eigenvalue weighted by Gasteiger charge is 2.66. The van der Waals surface area contributed by atoms with Gasteiger partial charge in [0.1, 0.15) is 17.5 Å². The number of hydrogen-bond donors (Lipinski definition) is 2. The van der Waals surface area contributed by atoms with Crippen molar-refractivity contribution in [3.05, 3.63) is 48.0 Å². The molecule has 1 aliphatic rings. The Labute approximate surface area is 176 Å². The Hall–Kier alpha value is -3.21. The lowest BCUT2D eigenvalue weighted by Crippen LogP contribution is -2.47. The molecule has 1 aliphatic heterocycles. The minimum Gasteiger partial charge on any atom is -0.495 e. The molecule has 0 spiro atoms. The summed E-state index contributed by atoms with van der Waals surface area (Å²) in [5.41, 5.74) is 2.79. The minimum absolute atomic E-state index is 0.110. The van der Waals surface area contributed by atoms with Gasteiger partial charge < -0.3 is 20.5 Å². The molecule has 1 fully saturated rings. The Bertz CT molecular complexity index is 1000. The molecular formula is C20H21F3N4O4. The highest BCUT2D eigenvalue weighted by molar-refractivity contribution is 5.97. The summed E-state index contributed by atoms with van der Waals surface area (Å²) in [7, 11) is 1.36. The molecule has 0 unspecified atom stereocenters. The number of aromatic nitrogens is 2. The Kier molecular flexibility index (Phi) is 5.90. The SMILES string of the molecule is COc1cccnc1[C@@H]1[C@H](C(=O)Nc2ccnc(C(N)=O)c2)O[C@@](C)(C(F)(F)F)[C@H]1C. The number of carbonyl (C=O) groups excluding carboxylic acids is 2. The number of halogens is 3. The zero-order valence-corrected chi connectivity index (χ0v) is 16.9. The largest absolute Gasteiger partial charge is 0.495 e. The summed E-state index contributed by atoms with van der Waals surface area (Å²) in [4.78, 5) is 32.3. The fourth-order valence-corrected chi connectivity index (χ4v) is 3.65. The van der Waals surface area contributed by atoms with E-state index in [-0.39, 0.29) is 22.8 Å². The summed E-state index contributed by atoms with van der Waals surface area (Å²) in [6, 6.07) is 5.72. The highest BCUT2D eigenvalue weighted by atomic mass is 19.4. The molecule has 31 heavy (non-hydrogen) atoms. The monoisotopic (exact) mass is 438 g/mol. The topological polar surface area (TPSA) is 116 Å². The van der Waals surface area contributed by atoms with Crippen molar-refractivity contribution >= 4 is 17.5 Å². The van der Waals surface area contributed by atoms with Crippen molar-refractivity contribution in [2.24, 2.45) is 11.7 Å². The maximum Gasteiger partial charge on any atom is 0.417 e. The Balaban J connectivity index is 2.01. The van der Waals surface area contributed by atoms with Crippen LogP contribution in [0.5, 0.6) is 5.75 Å². The van der Waals surface area contributed by atoms with Gasteiger partial charge in [0.05, 0.1) is 12.8 Å². The first-order chi connectivity index (χ1) is 14.5. The third kappa shape index (κ3) is 4.05. The van der Waals surface area contributed by atoms with E-state index >= 15 is 0 Å². The summed E-state index contributed by atoms with van der Waals surface area (Å²) in [6.07, 6.45) is -3.62. The molecule has 3 rings (SSSR count). The standard InChI is InChI=1S/C20H21F3N4O4/c1-10-14(15-13(30-3)5-4-7-26-15)16(31-19(10,2)20(21,22)23)18(29)27-11-6-8-25-12(9-11)17(24)28/h4-10,14,16H,1-3H3,(H2,24,28)(H,25,27,29)/t10-,14+,16+,19+/m0/s1. The van der Waals surface area contributed by atoms with Crippen molar-refractivity contribution in [3.8, 4) is 5.75 Å². The molecule has 3 N–H and O–H groups in total. The number of anilines is 1. The molecule has 11 heteroatoms. The smallest absolute Gasteiger partial charge is 0.417 e. The number of alkyl halides is 3. The number of hydrogen-bond acceptors (Lipinski definition) is 6. The third-order valence-electron chi connectivity index (χ3n) is 5.54. The second-order valence-corrected chi connectivity index (χ2v) is 7.33. The quantitative estimate of drug-likeness (QED) is 0.742. The van der Waals surface area contributed by atoms with Crippen molar-refractivity contribution in [1.29, 1.82) is 0 Å². The summed E-state index contributed by atoms with van der Waals surface area (Å²) >= 11 is 0. The molecule has 2 aromatic heterocycles. The Morgan fingerprint density at radius 3 is 2.58 bits per heavy atom. The molecule has 0 aromatic carbocycles. The predicted molar refractivity (Wildman–Crippen MR) is 103 cm³/mol. The van der Waals surface area contributed by atoms with Gasteiger partial charge in [0.25, 0.3) is 11.8 Å². The molecule has 3 heterocycles. The van der Waals surface area contributed by atoms with Gasteiger partial charge >= 0.3 is 6.18 Å². The van der Waals surface area contributed by atoms with Gasteiger partial charge in [-0.25, -0.2) is 0 Å². The van der Waals surface area contributed by atoms with Crippen molar-refractivity contribution in [2.75, 3.05) is 12.4 Å². The van der Waals surface area contributed by atoms with Gasteiger partial charge in [-0.15, -0.1) is 0 Å². The molecule has 2 aromatic rings. The van der Waals surface area contributed by atoms with E-state index in [2.05, 4.69) is 15.3 Å². The summed E-state index contributed by atoms with van der Waals surface area (Å²) in [5, 5.41) is 2.48. The average Bonchev–Trinajstić information content (AvgIpc) is 3.00. The van der Waals surface area contributed by atoms with Crippen LogP contribution in [-0.4, -0.2) is 46.8 Å². The van der Waals surface area contributed by atoms with Crippen LogP contribution in [0.2, 0.25) is 0 Å². The number of methoxy groups -OCH3 is 1. The molecule has 0 bridgehead atoms. The summed E-state index contributed by atoms with van der Waals surface area (Å²) < 4.78 is 52.3. The van der Waals surface area contributed by atoms with Gasteiger partial charge in [-0.2, -0.15) is 13.2 Å². The maximum atomic E-state index is 13.9. The zero-order chi connectivity index (χ0) is 23.0. The van der Waals surface area contributed by atoms with Crippen LogP contribution in [0.1, 0.15) is 35.9 Å². The van der Waals surface area contributed by atoms with Crippen molar-refractivity contribution in [3.63, 3.8) is 0 Å². The summed E-state index contributed by atoms with van der Waals surface area (Å²) in [6.45, 7) is 2.27. The molecule has 0 aliphatic carbocycles. The van der Waals surface area contributed by atoms with Crippen LogP contribution >= 0.6 is 0 Å². The van der Waals surface area contributed by atoms with Gasteiger partial charge in [0.2, 0.25) is 0 Å². The van der Waals surface area contributed by atoms with E-state index in [1.54, 1.807) is 12.1 Å². The van der Waals surface area contributed by atoms with E-state index in [1.807, 2.05) is 0 Å². The van der Waals surface area contributed by atoms with E-state index in [1.165, 1.54) is 38.6 Å². The van der Waals surface area contributed by atoms with Crippen molar-refractivity contribution < 1.29 is 32.2 Å². The van der Waals surface area contributed by atoms with E-state index in [4.69, 9.17) is 15.2 Å². The maximum absolute atomic E-state index is 13.9. The Morgan fingerprint density at radius 2 is 1.97 bits per heavy atom. The molecule has 0 radical (unpaired) electrons. The fourth-order valence-electron chi connectivity index (χ4n) is 3.65. The first-order valence-corrected chi connectivity index (χ1v) is 9.29. The number of nitrogens with zero attached hydrogens (tertiary/aromatic N) is 2. The predicted octanol–water partition coefficient (Wildman–Crippen LogP) is 2.66. The number of nitrogens with two attached hydrogens (primary N) is 1. The summed E-state index contributed by atoms with van der Waals surface area (Å²) in [5.74, 6) is -3.63. The van der Waals surface area contributed by atoms with Crippen LogP contribution in [0.15, 0.2) is 36.7 Å². The minimum atomic E-state index is -4.74. The van der Waals surface area contributed by atoms with Crippen LogP contribution in [0.3, 0.4) is 0 Å². The molecular weight excluding hydrogens is 417 g/mol. The molecule has 4 atom stereocenters. The van der Waals surface area contributed by atoms with Crippen LogP contribution in [0, 0.1) is 5.92 Å². The molecule has 0 saturated carbocycles. The van der Waals surface area contributed by atoms with Crippen LogP contribution in [0.25, 0.3) is 0 Å². The average molecular weight is 438 g/mol. The highest BCUT2D eigenvalue weighted by Crippen LogP contribution is 2.54. The number of ether oxygens (including phenoxy) is 2. The molecule has 2 amide bonds. The number of nitrogens with one attached hydrogen (secondary N) is 1. The number of primary amides is 1. The molecule has 166 valence electrons. The Morgan fingerprint density at radius 1 is 1.26 bits per heavy atom. The molecule has 1 saturated heterocycles. The third-order valence-corrected chi connectivity index (χ3v) is 5.54. The van der Waals surface area contributed by atoms with Gasteiger partial charge in [-0.3, -0.25) is 19.6 Å².